The molecule has 0 saturated carbocycles. The lowest BCUT2D eigenvalue weighted by molar-refractivity contribution is -0.128. The zero-order valence-corrected chi connectivity index (χ0v) is 19.0. The number of aromatic nitrogens is 2. The number of nitrogens with one attached hydrogen (secondary N) is 1. The Kier molecular flexibility index (Phi) is 5.45. The van der Waals surface area contributed by atoms with E-state index in [0.717, 1.165) is 40.1 Å². The quantitative estimate of drug-likeness (QED) is 0.428. The Hall–Kier alpha value is -3.16. The highest BCUT2D eigenvalue weighted by Gasteiger charge is 2.21. The standard InChI is InChI=1S/C24H21ClN4O2S/c1-15-20-13-21(32-24(20)29(27-15)19-8-3-6-17(25)12-19)23(31)26-18-7-2-5-16(11-18)14-28-10-4-9-22(28)30/h2-3,5-8,11-13H,4,9-10,14H2,1H3,(H,26,31). The average molecular weight is 465 g/mol. The van der Waals surface area contributed by atoms with Crippen molar-refractivity contribution in [3.8, 4) is 5.69 Å². The molecule has 3 heterocycles. The summed E-state index contributed by atoms with van der Waals surface area (Å²) < 4.78 is 1.83. The Labute approximate surface area is 194 Å². The molecular weight excluding hydrogens is 444 g/mol. The molecule has 0 radical (unpaired) electrons. The minimum Gasteiger partial charge on any atom is -0.338 e. The van der Waals surface area contributed by atoms with Gasteiger partial charge in [0, 0.05) is 35.6 Å². The number of anilines is 1. The van der Waals surface area contributed by atoms with Gasteiger partial charge in [0.25, 0.3) is 5.91 Å². The fourth-order valence-electron chi connectivity index (χ4n) is 3.97. The fourth-order valence-corrected chi connectivity index (χ4v) is 5.24. The third-order valence-corrected chi connectivity index (χ3v) is 6.90. The number of hydrogen-bond acceptors (Lipinski definition) is 4. The molecule has 1 fully saturated rings. The van der Waals surface area contributed by atoms with E-state index < -0.39 is 0 Å². The Balaban J connectivity index is 1.38. The first-order valence-electron chi connectivity index (χ1n) is 10.4. The molecule has 0 bridgehead atoms. The smallest absolute Gasteiger partial charge is 0.265 e. The van der Waals surface area contributed by atoms with Crippen molar-refractivity contribution in [3.05, 3.63) is 75.8 Å². The van der Waals surface area contributed by atoms with Gasteiger partial charge in [0.2, 0.25) is 5.91 Å². The van der Waals surface area contributed by atoms with Crippen LogP contribution in [0.1, 0.15) is 33.8 Å². The Morgan fingerprint density at radius 1 is 1.19 bits per heavy atom. The molecule has 0 unspecified atom stereocenters. The summed E-state index contributed by atoms with van der Waals surface area (Å²) in [7, 11) is 0. The van der Waals surface area contributed by atoms with Gasteiger partial charge in [0.05, 0.1) is 16.3 Å². The van der Waals surface area contributed by atoms with Gasteiger partial charge in [-0.25, -0.2) is 4.68 Å². The second kappa shape index (κ2) is 8.41. The van der Waals surface area contributed by atoms with Crippen LogP contribution in [-0.2, 0) is 11.3 Å². The van der Waals surface area contributed by atoms with E-state index in [1.807, 2.05) is 71.1 Å². The summed E-state index contributed by atoms with van der Waals surface area (Å²) in [5.74, 6) is 0.0199. The third kappa shape index (κ3) is 4.01. The predicted molar refractivity (Wildman–Crippen MR) is 128 cm³/mol. The van der Waals surface area contributed by atoms with Crippen molar-refractivity contribution in [1.82, 2.24) is 14.7 Å². The molecule has 1 aliphatic rings. The number of benzene rings is 2. The predicted octanol–water partition coefficient (Wildman–Crippen LogP) is 5.42. The first-order chi connectivity index (χ1) is 15.5. The minimum absolute atomic E-state index is 0.169. The van der Waals surface area contributed by atoms with Gasteiger partial charge in [-0.3, -0.25) is 9.59 Å². The molecule has 8 heteroatoms. The van der Waals surface area contributed by atoms with Crippen LogP contribution in [0.2, 0.25) is 5.02 Å². The summed E-state index contributed by atoms with van der Waals surface area (Å²) >= 11 is 7.55. The number of amides is 2. The van der Waals surface area contributed by atoms with E-state index in [1.165, 1.54) is 11.3 Å². The van der Waals surface area contributed by atoms with Crippen molar-refractivity contribution < 1.29 is 9.59 Å². The van der Waals surface area contributed by atoms with E-state index in [2.05, 4.69) is 10.4 Å². The minimum atomic E-state index is -0.169. The second-order valence-electron chi connectivity index (χ2n) is 7.88. The molecule has 1 N–H and O–H groups in total. The SMILES string of the molecule is Cc1nn(-c2cccc(Cl)c2)c2sc(C(=O)Nc3cccc(CN4CCCC4=O)c3)cc12. The van der Waals surface area contributed by atoms with Crippen LogP contribution in [0.25, 0.3) is 15.9 Å². The molecule has 1 aliphatic heterocycles. The van der Waals surface area contributed by atoms with Crippen molar-refractivity contribution in [3.63, 3.8) is 0 Å². The lowest BCUT2D eigenvalue weighted by Crippen LogP contribution is -2.23. The van der Waals surface area contributed by atoms with Crippen molar-refractivity contribution in [2.45, 2.75) is 26.3 Å². The van der Waals surface area contributed by atoms with E-state index in [4.69, 9.17) is 11.6 Å². The number of carbonyl (C=O) groups excluding carboxylic acids is 2. The van der Waals surface area contributed by atoms with Crippen LogP contribution in [0.3, 0.4) is 0 Å². The van der Waals surface area contributed by atoms with E-state index in [9.17, 15) is 9.59 Å². The molecule has 1 saturated heterocycles. The first kappa shape index (κ1) is 20.7. The van der Waals surface area contributed by atoms with Gasteiger partial charge in [-0.05, 0) is 55.3 Å². The van der Waals surface area contributed by atoms with Crippen LogP contribution in [0.15, 0.2) is 54.6 Å². The van der Waals surface area contributed by atoms with Gasteiger partial charge in [-0.2, -0.15) is 5.10 Å². The Bertz CT molecular complexity index is 1340. The molecule has 4 aromatic rings. The molecule has 2 amide bonds. The van der Waals surface area contributed by atoms with Crippen molar-refractivity contribution in [2.24, 2.45) is 0 Å². The van der Waals surface area contributed by atoms with Crippen molar-refractivity contribution in [2.75, 3.05) is 11.9 Å². The van der Waals surface area contributed by atoms with Crippen molar-refractivity contribution in [1.29, 1.82) is 0 Å². The highest BCUT2D eigenvalue weighted by atomic mass is 35.5. The number of nitrogens with zero attached hydrogens (tertiary/aromatic N) is 3. The summed E-state index contributed by atoms with van der Waals surface area (Å²) in [6.45, 7) is 3.29. The van der Waals surface area contributed by atoms with Gasteiger partial charge in [0.15, 0.2) is 0 Å². The number of carbonyl (C=O) groups is 2. The van der Waals surface area contributed by atoms with Crippen LogP contribution in [0.4, 0.5) is 5.69 Å². The molecule has 5 rings (SSSR count). The molecule has 0 aliphatic carbocycles. The summed E-state index contributed by atoms with van der Waals surface area (Å²) in [6.07, 6.45) is 1.53. The highest BCUT2D eigenvalue weighted by Crippen LogP contribution is 2.31. The number of thiophene rings is 1. The van der Waals surface area contributed by atoms with Crippen LogP contribution in [0.5, 0.6) is 0 Å². The first-order valence-corrected chi connectivity index (χ1v) is 11.6. The number of fused-ring (bicyclic) bond motifs is 1. The monoisotopic (exact) mass is 464 g/mol. The molecular formula is C24H21ClN4O2S. The van der Waals surface area contributed by atoms with E-state index in [-0.39, 0.29) is 11.8 Å². The molecule has 6 nitrogen and oxygen atoms in total. The summed E-state index contributed by atoms with van der Waals surface area (Å²) in [6, 6.07) is 17.0. The van der Waals surface area contributed by atoms with Gasteiger partial charge < -0.3 is 10.2 Å². The summed E-state index contributed by atoms with van der Waals surface area (Å²) in [5.41, 5.74) is 3.42. The summed E-state index contributed by atoms with van der Waals surface area (Å²) in [4.78, 5) is 28.3. The van der Waals surface area contributed by atoms with Crippen LogP contribution >= 0.6 is 22.9 Å². The van der Waals surface area contributed by atoms with E-state index >= 15 is 0 Å². The third-order valence-electron chi connectivity index (χ3n) is 5.55. The number of halogens is 1. The maximum Gasteiger partial charge on any atom is 0.265 e. The molecule has 32 heavy (non-hydrogen) atoms. The van der Waals surface area contributed by atoms with Crippen LogP contribution < -0.4 is 5.32 Å². The van der Waals surface area contributed by atoms with Gasteiger partial charge in [0.1, 0.15) is 4.83 Å². The normalized spacial score (nSPS) is 13.8. The topological polar surface area (TPSA) is 67.2 Å². The van der Waals surface area contributed by atoms with Crippen LogP contribution in [-0.4, -0.2) is 33.0 Å². The van der Waals surface area contributed by atoms with Gasteiger partial charge in [-0.1, -0.05) is 29.8 Å². The Morgan fingerprint density at radius 3 is 2.81 bits per heavy atom. The lowest BCUT2D eigenvalue weighted by Gasteiger charge is -2.16. The number of likely N-dealkylation sites (tertiary alicyclic amines) is 1. The zero-order chi connectivity index (χ0) is 22.2. The molecule has 162 valence electrons. The maximum absolute atomic E-state index is 13.0. The number of rotatable bonds is 5. The van der Waals surface area contributed by atoms with Gasteiger partial charge >= 0.3 is 0 Å². The zero-order valence-electron chi connectivity index (χ0n) is 17.5. The van der Waals surface area contributed by atoms with E-state index in [1.54, 1.807) is 0 Å². The lowest BCUT2D eigenvalue weighted by atomic mass is 10.2. The van der Waals surface area contributed by atoms with Gasteiger partial charge in [-0.15, -0.1) is 11.3 Å². The largest absolute Gasteiger partial charge is 0.338 e. The van der Waals surface area contributed by atoms with E-state index in [0.29, 0.717) is 28.6 Å². The maximum atomic E-state index is 13.0. The fraction of sp³-hybridized carbons (Fsp3) is 0.208. The highest BCUT2D eigenvalue weighted by molar-refractivity contribution is 7.20. The molecule has 0 spiro atoms. The average Bonchev–Trinajstić information content (AvgIpc) is 3.46. The number of hydrogen-bond donors (Lipinski definition) is 1. The number of aryl methyl sites for hydroxylation is 1. The molecule has 2 aromatic heterocycles. The van der Waals surface area contributed by atoms with Crippen LogP contribution in [0, 0.1) is 6.92 Å². The summed E-state index contributed by atoms with van der Waals surface area (Å²) in [5, 5.41) is 9.19. The molecule has 0 atom stereocenters. The van der Waals surface area contributed by atoms with Crippen molar-refractivity contribution >= 4 is 50.7 Å². The second-order valence-corrected chi connectivity index (χ2v) is 9.35. The Morgan fingerprint density at radius 2 is 2.03 bits per heavy atom. The molecule has 2 aromatic carbocycles.